The topological polar surface area (TPSA) is 29.5 Å². The molecule has 0 spiro atoms. The number of benzene rings is 2. The van der Waals surface area contributed by atoms with Crippen molar-refractivity contribution in [1.82, 2.24) is 0 Å². The fourth-order valence-corrected chi connectivity index (χ4v) is 1.83. The summed E-state index contributed by atoms with van der Waals surface area (Å²) in [5.74, 6) is 6.89. The van der Waals surface area contributed by atoms with Crippen molar-refractivity contribution in [1.29, 1.82) is 0 Å². The Morgan fingerprint density at radius 3 is 2.68 bits per heavy atom. The predicted molar refractivity (Wildman–Crippen MR) is 78.3 cm³/mol. The summed E-state index contributed by atoms with van der Waals surface area (Å²) >= 11 is 0. The molecule has 2 heteroatoms. The lowest BCUT2D eigenvalue weighted by Gasteiger charge is -2.06. The quantitative estimate of drug-likeness (QED) is 0.848. The monoisotopic (exact) mass is 254 g/mol. The summed E-state index contributed by atoms with van der Waals surface area (Å²) in [7, 11) is 0. The highest BCUT2D eigenvalue weighted by molar-refractivity contribution is 5.85. The van der Waals surface area contributed by atoms with Crippen LogP contribution >= 0.6 is 0 Å². The van der Waals surface area contributed by atoms with Crippen molar-refractivity contribution in [2.75, 3.05) is 13.2 Å². The highest BCUT2D eigenvalue weighted by Gasteiger charge is 1.98. The number of ether oxygens (including phenoxy) is 1. The Bertz CT molecular complexity index is 605. The van der Waals surface area contributed by atoms with Crippen LogP contribution in [0.3, 0.4) is 0 Å². The molecule has 2 aromatic rings. The minimum absolute atomic E-state index is 0.110. The van der Waals surface area contributed by atoms with Gasteiger partial charge in [-0.25, -0.2) is 0 Å². The second-order valence-electron chi connectivity index (χ2n) is 4.35. The smallest absolute Gasteiger partial charge is 0.119 e. The SMILES string of the molecule is CCCOc1ccc2cc(C#CCCO)ccc2c1. The highest BCUT2D eigenvalue weighted by Crippen LogP contribution is 2.22. The Labute approximate surface area is 114 Å². The molecule has 0 bridgehead atoms. The van der Waals surface area contributed by atoms with E-state index in [1.54, 1.807) is 0 Å². The number of hydrogen-bond acceptors (Lipinski definition) is 2. The number of hydrogen-bond donors (Lipinski definition) is 1. The van der Waals surface area contributed by atoms with Gasteiger partial charge < -0.3 is 9.84 Å². The van der Waals surface area contributed by atoms with Gasteiger partial charge in [0.1, 0.15) is 5.75 Å². The van der Waals surface area contributed by atoms with Gasteiger partial charge in [0.15, 0.2) is 0 Å². The molecule has 2 nitrogen and oxygen atoms in total. The zero-order chi connectivity index (χ0) is 13.5. The maximum absolute atomic E-state index is 8.70. The van der Waals surface area contributed by atoms with E-state index in [2.05, 4.69) is 43.0 Å². The zero-order valence-electron chi connectivity index (χ0n) is 11.1. The predicted octanol–water partition coefficient (Wildman–Crippen LogP) is 3.36. The lowest BCUT2D eigenvalue weighted by atomic mass is 10.1. The number of aliphatic hydroxyl groups is 1. The van der Waals surface area contributed by atoms with Crippen molar-refractivity contribution < 1.29 is 9.84 Å². The third-order valence-corrected chi connectivity index (χ3v) is 2.75. The Hall–Kier alpha value is -1.98. The third kappa shape index (κ3) is 3.74. The van der Waals surface area contributed by atoms with Gasteiger partial charge in [-0.15, -0.1) is 0 Å². The van der Waals surface area contributed by atoms with Crippen LogP contribution in [0, 0.1) is 11.8 Å². The van der Waals surface area contributed by atoms with E-state index in [1.807, 2.05) is 12.1 Å². The Morgan fingerprint density at radius 2 is 1.89 bits per heavy atom. The fraction of sp³-hybridized carbons (Fsp3) is 0.294. The summed E-state index contributed by atoms with van der Waals surface area (Å²) in [6.45, 7) is 2.95. The van der Waals surface area contributed by atoms with E-state index < -0.39 is 0 Å². The fourth-order valence-electron chi connectivity index (χ4n) is 1.83. The molecule has 0 aliphatic heterocycles. The van der Waals surface area contributed by atoms with Gasteiger partial charge in [-0.1, -0.05) is 30.9 Å². The van der Waals surface area contributed by atoms with E-state index in [0.29, 0.717) is 6.42 Å². The first kappa shape index (κ1) is 13.5. The first-order chi connectivity index (χ1) is 9.33. The normalized spacial score (nSPS) is 10.0. The van der Waals surface area contributed by atoms with E-state index in [9.17, 15) is 0 Å². The Morgan fingerprint density at radius 1 is 1.11 bits per heavy atom. The molecule has 2 aromatic carbocycles. The molecular weight excluding hydrogens is 236 g/mol. The van der Waals surface area contributed by atoms with Crippen LogP contribution in [0.1, 0.15) is 25.3 Å². The molecule has 0 atom stereocenters. The first-order valence-electron chi connectivity index (χ1n) is 6.60. The van der Waals surface area contributed by atoms with Crippen molar-refractivity contribution in [3.8, 4) is 17.6 Å². The van der Waals surface area contributed by atoms with Gasteiger partial charge >= 0.3 is 0 Å². The van der Waals surface area contributed by atoms with Crippen molar-refractivity contribution in [2.45, 2.75) is 19.8 Å². The molecule has 98 valence electrons. The molecule has 1 N–H and O–H groups in total. The summed E-state index contributed by atoms with van der Waals surface area (Å²) in [5.41, 5.74) is 0.975. The lowest BCUT2D eigenvalue weighted by Crippen LogP contribution is -1.94. The van der Waals surface area contributed by atoms with Crippen LogP contribution in [0.15, 0.2) is 36.4 Å². The van der Waals surface area contributed by atoms with Crippen molar-refractivity contribution in [3.05, 3.63) is 42.0 Å². The molecule has 0 aromatic heterocycles. The number of aliphatic hydroxyl groups excluding tert-OH is 1. The van der Waals surface area contributed by atoms with Crippen molar-refractivity contribution in [3.63, 3.8) is 0 Å². The van der Waals surface area contributed by atoms with Gasteiger partial charge in [-0.05, 0) is 41.5 Å². The molecule has 0 fully saturated rings. The van der Waals surface area contributed by atoms with E-state index in [-0.39, 0.29) is 6.61 Å². The van der Waals surface area contributed by atoms with Crippen molar-refractivity contribution >= 4 is 10.8 Å². The van der Waals surface area contributed by atoms with Crippen molar-refractivity contribution in [2.24, 2.45) is 0 Å². The lowest BCUT2D eigenvalue weighted by molar-refractivity contribution is 0.305. The minimum atomic E-state index is 0.110. The molecule has 0 amide bonds. The van der Waals surface area contributed by atoms with E-state index >= 15 is 0 Å². The molecule has 0 unspecified atom stereocenters. The standard InChI is InChI=1S/C17H18O2/c1-2-11-19-17-9-8-15-12-14(5-3-4-10-18)6-7-16(15)13-17/h6-9,12-13,18H,2,4,10-11H2,1H3. The molecule has 0 heterocycles. The summed E-state index contributed by atoms with van der Waals surface area (Å²) in [4.78, 5) is 0. The maximum atomic E-state index is 8.70. The summed E-state index contributed by atoms with van der Waals surface area (Å²) < 4.78 is 5.62. The third-order valence-electron chi connectivity index (χ3n) is 2.75. The van der Waals surface area contributed by atoms with Crippen LogP contribution in [0.5, 0.6) is 5.75 Å². The van der Waals surface area contributed by atoms with Gasteiger partial charge in [0.05, 0.1) is 13.2 Å². The van der Waals surface area contributed by atoms with Crippen LogP contribution in [-0.2, 0) is 0 Å². The van der Waals surface area contributed by atoms with E-state index in [4.69, 9.17) is 9.84 Å². The van der Waals surface area contributed by atoms with Gasteiger partial charge in [0.25, 0.3) is 0 Å². The molecule has 0 radical (unpaired) electrons. The van der Waals surface area contributed by atoms with Gasteiger partial charge in [-0.3, -0.25) is 0 Å². The second kappa shape index (κ2) is 6.82. The number of fused-ring (bicyclic) bond motifs is 1. The van der Waals surface area contributed by atoms with E-state index in [0.717, 1.165) is 35.1 Å². The maximum Gasteiger partial charge on any atom is 0.119 e. The van der Waals surface area contributed by atoms with Gasteiger partial charge in [-0.2, -0.15) is 0 Å². The molecule has 2 rings (SSSR count). The van der Waals surface area contributed by atoms with Crippen LogP contribution in [0.25, 0.3) is 10.8 Å². The summed E-state index contributed by atoms with van der Waals surface area (Å²) in [6, 6.07) is 12.2. The molecule has 0 saturated heterocycles. The van der Waals surface area contributed by atoms with Crippen LogP contribution in [0.4, 0.5) is 0 Å². The van der Waals surface area contributed by atoms with Gasteiger partial charge in [0.2, 0.25) is 0 Å². The Kier molecular flexibility index (Phi) is 4.83. The summed E-state index contributed by atoms with van der Waals surface area (Å²) in [5, 5.41) is 11.0. The molecule has 19 heavy (non-hydrogen) atoms. The summed E-state index contributed by atoms with van der Waals surface area (Å²) in [6.07, 6.45) is 1.53. The van der Waals surface area contributed by atoms with Gasteiger partial charge in [0, 0.05) is 12.0 Å². The molecular formula is C17H18O2. The first-order valence-corrected chi connectivity index (χ1v) is 6.60. The van der Waals surface area contributed by atoms with Crippen LogP contribution < -0.4 is 4.74 Å². The van der Waals surface area contributed by atoms with Crippen LogP contribution in [-0.4, -0.2) is 18.3 Å². The molecule has 0 aliphatic carbocycles. The van der Waals surface area contributed by atoms with E-state index in [1.165, 1.54) is 0 Å². The molecule has 0 aliphatic rings. The van der Waals surface area contributed by atoms with Crippen LogP contribution in [0.2, 0.25) is 0 Å². The number of rotatable bonds is 4. The molecule has 0 saturated carbocycles. The Balaban J connectivity index is 2.23. The minimum Gasteiger partial charge on any atom is -0.494 e. The largest absolute Gasteiger partial charge is 0.494 e. The average Bonchev–Trinajstić information content (AvgIpc) is 2.45. The highest BCUT2D eigenvalue weighted by atomic mass is 16.5. The zero-order valence-corrected chi connectivity index (χ0v) is 11.1. The average molecular weight is 254 g/mol. The second-order valence-corrected chi connectivity index (χ2v) is 4.35.